The Balaban J connectivity index is 0.00000210. The van der Waals surface area contributed by atoms with E-state index in [2.05, 4.69) is 27.5 Å². The van der Waals surface area contributed by atoms with Crippen molar-refractivity contribution in [3.05, 3.63) is 89.5 Å². The number of carbonyl (C=O) groups is 2. The summed E-state index contributed by atoms with van der Waals surface area (Å²) in [6, 6.07) is 23.0. The second-order valence-electron chi connectivity index (χ2n) is 9.79. The van der Waals surface area contributed by atoms with Crippen LogP contribution in [0.15, 0.2) is 72.8 Å². The summed E-state index contributed by atoms with van der Waals surface area (Å²) in [5.74, 6) is 0.222. The maximum Gasteiger partial charge on any atom is 0.412 e. The zero-order valence-corrected chi connectivity index (χ0v) is 23.5. The van der Waals surface area contributed by atoms with E-state index in [1.165, 1.54) is 5.56 Å². The number of nitrogens with two attached hydrogens (primary N) is 1. The van der Waals surface area contributed by atoms with E-state index in [1.54, 1.807) is 12.1 Å². The SMILES string of the molecule is CN1CCN(c2cc(C(=O)Nc3ccc([C@@H]4C[C@H]4N)cc3)ccc2NC(=O)OCc2ccccc2)CC1.Cl.Cl. The number of carbonyl (C=O) groups excluding carboxylic acids is 2. The lowest BCUT2D eigenvalue weighted by Gasteiger charge is -2.35. The molecule has 0 bridgehead atoms. The molecule has 0 aromatic heterocycles. The fourth-order valence-corrected chi connectivity index (χ4v) is 4.57. The van der Waals surface area contributed by atoms with Crippen LogP contribution in [0.3, 0.4) is 0 Å². The molecule has 3 aromatic rings. The molecule has 1 aliphatic heterocycles. The number of likely N-dealkylation sites (N-methyl/N-ethyl adjacent to an activating group) is 1. The average Bonchev–Trinajstić information content (AvgIpc) is 3.65. The normalized spacial score (nSPS) is 18.3. The predicted molar refractivity (Wildman–Crippen MR) is 161 cm³/mol. The van der Waals surface area contributed by atoms with Gasteiger partial charge >= 0.3 is 6.09 Å². The maximum atomic E-state index is 13.1. The third kappa shape index (κ3) is 7.86. The maximum absolute atomic E-state index is 13.1. The number of ether oxygens (including phenoxy) is 1. The highest BCUT2D eigenvalue weighted by Crippen LogP contribution is 2.39. The number of hydrogen-bond acceptors (Lipinski definition) is 6. The predicted octanol–water partition coefficient (Wildman–Crippen LogP) is 5.10. The minimum Gasteiger partial charge on any atom is -0.444 e. The molecule has 1 saturated carbocycles. The summed E-state index contributed by atoms with van der Waals surface area (Å²) >= 11 is 0. The van der Waals surface area contributed by atoms with Crippen LogP contribution in [0.5, 0.6) is 0 Å². The number of piperazine rings is 1. The first-order chi connectivity index (χ1) is 18.0. The summed E-state index contributed by atoms with van der Waals surface area (Å²) in [4.78, 5) is 30.1. The van der Waals surface area contributed by atoms with Gasteiger partial charge in [-0.1, -0.05) is 42.5 Å². The molecule has 3 aromatic carbocycles. The second kappa shape index (κ2) is 13.7. The highest BCUT2D eigenvalue weighted by Gasteiger charge is 2.34. The van der Waals surface area contributed by atoms with Crippen LogP contribution in [-0.2, 0) is 11.3 Å². The van der Waals surface area contributed by atoms with Crippen LogP contribution in [0.2, 0.25) is 0 Å². The van der Waals surface area contributed by atoms with Crippen LogP contribution in [0, 0.1) is 0 Å². The third-order valence-corrected chi connectivity index (χ3v) is 6.99. The number of rotatable bonds is 7. The molecule has 0 unspecified atom stereocenters. The Hall–Kier alpha value is -3.30. The number of hydrogen-bond donors (Lipinski definition) is 3. The average molecular weight is 573 g/mol. The van der Waals surface area contributed by atoms with Gasteiger partial charge in [0.2, 0.25) is 0 Å². The number of halogens is 2. The van der Waals surface area contributed by atoms with E-state index in [-0.39, 0.29) is 43.4 Å². The zero-order chi connectivity index (χ0) is 25.8. The molecular weight excluding hydrogens is 537 g/mol. The number of amides is 2. The standard InChI is InChI=1S/C29H33N5O3.2ClH/c1-33-13-15-34(16-14-33)27-17-22(28(35)31-23-10-7-21(8-11-23)24-18-25(24)30)9-12-26(27)32-29(36)37-19-20-5-3-2-4-6-20;;/h2-12,17,24-25H,13-16,18-19,30H2,1H3,(H,31,35)(H,32,36);2*1H/t24-,25+;;/m0../s1. The minimum absolute atomic E-state index is 0. The molecule has 10 heteroatoms. The van der Waals surface area contributed by atoms with E-state index in [1.807, 2.05) is 60.7 Å². The molecule has 0 radical (unpaired) electrons. The van der Waals surface area contributed by atoms with Crippen LogP contribution in [0.25, 0.3) is 0 Å². The lowest BCUT2D eigenvalue weighted by atomic mass is 10.1. The van der Waals surface area contributed by atoms with Crippen LogP contribution in [0.4, 0.5) is 21.9 Å². The highest BCUT2D eigenvalue weighted by molar-refractivity contribution is 6.06. The van der Waals surface area contributed by atoms with E-state index in [9.17, 15) is 9.59 Å². The minimum atomic E-state index is -0.535. The van der Waals surface area contributed by atoms with Crippen molar-refractivity contribution >= 4 is 53.9 Å². The molecular formula is C29H35Cl2N5O3. The monoisotopic (exact) mass is 571 g/mol. The molecule has 208 valence electrons. The molecule has 5 rings (SSSR count). The Morgan fingerprint density at radius 1 is 0.923 bits per heavy atom. The molecule has 39 heavy (non-hydrogen) atoms. The van der Waals surface area contributed by atoms with E-state index < -0.39 is 6.09 Å². The zero-order valence-electron chi connectivity index (χ0n) is 21.8. The summed E-state index contributed by atoms with van der Waals surface area (Å²) in [6.07, 6.45) is 0.480. The summed E-state index contributed by atoms with van der Waals surface area (Å²) in [6.45, 7) is 3.55. The Bertz CT molecular complexity index is 1250. The molecule has 4 N–H and O–H groups in total. The van der Waals surface area contributed by atoms with Gasteiger partial charge in [0.1, 0.15) is 6.61 Å². The quantitative estimate of drug-likeness (QED) is 0.365. The smallest absolute Gasteiger partial charge is 0.412 e. The van der Waals surface area contributed by atoms with Crippen LogP contribution >= 0.6 is 24.8 Å². The number of benzene rings is 3. The van der Waals surface area contributed by atoms with Gasteiger partial charge in [-0.15, -0.1) is 24.8 Å². The van der Waals surface area contributed by atoms with E-state index in [0.717, 1.165) is 49.5 Å². The van der Waals surface area contributed by atoms with Gasteiger partial charge in [0, 0.05) is 49.4 Å². The van der Waals surface area contributed by atoms with Gasteiger partial charge in [0.15, 0.2) is 0 Å². The first-order valence-corrected chi connectivity index (χ1v) is 12.7. The first kappa shape index (κ1) is 30.2. The topological polar surface area (TPSA) is 99.9 Å². The van der Waals surface area contributed by atoms with Gasteiger partial charge in [0.05, 0.1) is 11.4 Å². The van der Waals surface area contributed by atoms with E-state index >= 15 is 0 Å². The van der Waals surface area contributed by atoms with Crippen molar-refractivity contribution < 1.29 is 14.3 Å². The fourth-order valence-electron chi connectivity index (χ4n) is 4.57. The van der Waals surface area contributed by atoms with Crippen molar-refractivity contribution in [2.75, 3.05) is 48.8 Å². The van der Waals surface area contributed by atoms with Crippen molar-refractivity contribution in [3.63, 3.8) is 0 Å². The molecule has 0 spiro atoms. The molecule has 2 amide bonds. The van der Waals surface area contributed by atoms with Crippen molar-refractivity contribution in [2.24, 2.45) is 5.73 Å². The molecule has 8 nitrogen and oxygen atoms in total. The molecule has 1 heterocycles. The summed E-state index contributed by atoms with van der Waals surface area (Å²) in [5, 5.41) is 5.86. The van der Waals surface area contributed by atoms with Gasteiger partial charge in [0.25, 0.3) is 5.91 Å². The van der Waals surface area contributed by atoms with E-state index in [4.69, 9.17) is 10.5 Å². The molecule has 1 aliphatic carbocycles. The van der Waals surface area contributed by atoms with Crippen LogP contribution in [-0.4, -0.2) is 56.2 Å². The number of nitrogens with zero attached hydrogens (tertiary/aromatic N) is 2. The van der Waals surface area contributed by atoms with Gasteiger partial charge in [-0.05, 0) is 54.9 Å². The third-order valence-electron chi connectivity index (χ3n) is 6.99. The van der Waals surface area contributed by atoms with Gasteiger partial charge in [-0.3, -0.25) is 10.1 Å². The lowest BCUT2D eigenvalue weighted by molar-refractivity contribution is 0.102. The van der Waals surface area contributed by atoms with Crippen molar-refractivity contribution in [1.82, 2.24) is 4.90 Å². The Kier molecular flexibility index (Phi) is 10.6. The van der Waals surface area contributed by atoms with Crippen molar-refractivity contribution in [3.8, 4) is 0 Å². The van der Waals surface area contributed by atoms with Crippen LogP contribution in [0.1, 0.15) is 33.8 Å². The molecule has 2 aliphatic rings. The van der Waals surface area contributed by atoms with Gasteiger partial charge in [-0.2, -0.15) is 0 Å². The second-order valence-corrected chi connectivity index (χ2v) is 9.79. The summed E-state index contributed by atoms with van der Waals surface area (Å²) in [7, 11) is 2.09. The number of nitrogens with one attached hydrogen (secondary N) is 2. The van der Waals surface area contributed by atoms with E-state index in [0.29, 0.717) is 17.2 Å². The Morgan fingerprint density at radius 2 is 1.59 bits per heavy atom. The Labute approximate surface area is 241 Å². The van der Waals surface area contributed by atoms with Gasteiger partial charge in [-0.25, -0.2) is 4.79 Å². The van der Waals surface area contributed by atoms with Crippen molar-refractivity contribution in [2.45, 2.75) is 25.0 Å². The molecule has 1 saturated heterocycles. The fraction of sp³-hybridized carbons (Fsp3) is 0.310. The first-order valence-electron chi connectivity index (χ1n) is 12.7. The highest BCUT2D eigenvalue weighted by atomic mass is 35.5. The number of anilines is 3. The summed E-state index contributed by atoms with van der Waals surface area (Å²) in [5.41, 5.74) is 10.7. The largest absolute Gasteiger partial charge is 0.444 e. The summed E-state index contributed by atoms with van der Waals surface area (Å²) < 4.78 is 5.42. The van der Waals surface area contributed by atoms with Gasteiger partial charge < -0.3 is 25.6 Å². The molecule has 2 fully saturated rings. The van der Waals surface area contributed by atoms with Crippen molar-refractivity contribution in [1.29, 1.82) is 0 Å². The molecule has 2 atom stereocenters. The Morgan fingerprint density at radius 3 is 2.23 bits per heavy atom. The lowest BCUT2D eigenvalue weighted by Crippen LogP contribution is -2.44. The van der Waals surface area contributed by atoms with Crippen LogP contribution < -0.4 is 21.3 Å².